The molecule has 1 nitrogen and oxygen atoms in total. The van der Waals surface area contributed by atoms with Crippen molar-refractivity contribution >= 4 is 22.6 Å². The van der Waals surface area contributed by atoms with Gasteiger partial charge in [-0.1, -0.05) is 43.4 Å². The predicted molar refractivity (Wildman–Crippen MR) is 53.6 cm³/mol. The van der Waals surface area contributed by atoms with E-state index in [0.29, 0.717) is 9.84 Å². The van der Waals surface area contributed by atoms with Crippen molar-refractivity contribution in [1.29, 1.82) is 0 Å². The molecule has 2 atom stereocenters. The summed E-state index contributed by atoms with van der Waals surface area (Å²) in [5, 5.41) is 9.39. The van der Waals surface area contributed by atoms with Gasteiger partial charge in [-0.15, -0.1) is 0 Å². The van der Waals surface area contributed by atoms with Crippen LogP contribution >= 0.6 is 22.6 Å². The van der Waals surface area contributed by atoms with Crippen LogP contribution in [0.1, 0.15) is 33.6 Å². The molecule has 0 amide bonds. The summed E-state index contributed by atoms with van der Waals surface area (Å²) in [5.41, 5.74) is 0. The van der Waals surface area contributed by atoms with Crippen molar-refractivity contribution in [1.82, 2.24) is 0 Å². The van der Waals surface area contributed by atoms with Gasteiger partial charge in [0.25, 0.3) is 0 Å². The topological polar surface area (TPSA) is 20.2 Å². The van der Waals surface area contributed by atoms with Gasteiger partial charge in [0.2, 0.25) is 0 Å². The number of hydrogen-bond acceptors (Lipinski definition) is 1. The largest absolute Gasteiger partial charge is 0.393 e. The van der Waals surface area contributed by atoms with E-state index in [4.69, 9.17) is 0 Å². The lowest BCUT2D eigenvalue weighted by Crippen LogP contribution is -2.13. The van der Waals surface area contributed by atoms with E-state index in [1.807, 2.05) is 0 Å². The third-order valence-electron chi connectivity index (χ3n) is 1.34. The summed E-state index contributed by atoms with van der Waals surface area (Å²) in [5.74, 6) is 0.616. The number of halogens is 1. The molecule has 10 heavy (non-hydrogen) atoms. The highest BCUT2D eigenvalue weighted by atomic mass is 127. The second-order valence-corrected chi connectivity index (χ2v) is 5.43. The molecule has 0 aromatic carbocycles. The normalized spacial score (nSPS) is 17.4. The van der Waals surface area contributed by atoms with Crippen LogP contribution in [0.4, 0.5) is 0 Å². The van der Waals surface area contributed by atoms with E-state index >= 15 is 0 Å². The lowest BCUT2D eigenvalue weighted by molar-refractivity contribution is 0.141. The molecule has 2 heteroatoms. The Morgan fingerprint density at radius 3 is 2.00 bits per heavy atom. The lowest BCUT2D eigenvalue weighted by Gasteiger charge is -2.13. The molecule has 0 aromatic heterocycles. The van der Waals surface area contributed by atoms with Crippen molar-refractivity contribution in [3.63, 3.8) is 0 Å². The molecule has 0 radical (unpaired) electrons. The highest BCUT2D eigenvalue weighted by molar-refractivity contribution is 14.1. The zero-order valence-corrected chi connectivity index (χ0v) is 9.13. The van der Waals surface area contributed by atoms with E-state index in [2.05, 4.69) is 43.4 Å². The van der Waals surface area contributed by atoms with Crippen LogP contribution in [-0.2, 0) is 0 Å². The highest BCUT2D eigenvalue weighted by Crippen LogP contribution is 2.13. The molecule has 0 heterocycles. The molecule has 62 valence electrons. The fourth-order valence-electron chi connectivity index (χ4n) is 1.02. The summed E-state index contributed by atoms with van der Waals surface area (Å²) in [4.78, 5) is 0. The van der Waals surface area contributed by atoms with Crippen LogP contribution in [0, 0.1) is 5.92 Å². The Morgan fingerprint density at radius 1 is 1.20 bits per heavy atom. The van der Waals surface area contributed by atoms with Gasteiger partial charge >= 0.3 is 0 Å². The molecule has 0 bridgehead atoms. The molecule has 0 fully saturated rings. The van der Waals surface area contributed by atoms with Gasteiger partial charge in [-0.05, 0) is 18.8 Å². The van der Waals surface area contributed by atoms with Crippen molar-refractivity contribution in [3.8, 4) is 0 Å². The molecule has 0 saturated carbocycles. The fraction of sp³-hybridized carbons (Fsp3) is 1.00. The molecular weight excluding hydrogens is 239 g/mol. The highest BCUT2D eigenvalue weighted by Gasteiger charge is 2.08. The third-order valence-corrected chi connectivity index (χ3v) is 1.85. The van der Waals surface area contributed by atoms with Gasteiger partial charge in [0, 0.05) is 3.92 Å². The van der Waals surface area contributed by atoms with E-state index in [9.17, 15) is 5.11 Å². The second-order valence-electron chi connectivity index (χ2n) is 3.30. The van der Waals surface area contributed by atoms with Gasteiger partial charge < -0.3 is 5.11 Å². The lowest BCUT2D eigenvalue weighted by atomic mass is 10.0. The smallest absolute Gasteiger partial charge is 0.0552 e. The minimum atomic E-state index is -0.0908. The van der Waals surface area contributed by atoms with Crippen molar-refractivity contribution in [2.24, 2.45) is 5.92 Å². The third kappa shape index (κ3) is 6.81. The van der Waals surface area contributed by atoms with Crippen LogP contribution in [0.25, 0.3) is 0 Å². The van der Waals surface area contributed by atoms with E-state index < -0.39 is 0 Å². The van der Waals surface area contributed by atoms with Crippen LogP contribution in [0.15, 0.2) is 0 Å². The molecule has 0 aliphatic carbocycles. The van der Waals surface area contributed by atoms with Crippen LogP contribution in [0.2, 0.25) is 0 Å². The molecule has 0 aliphatic rings. The van der Waals surface area contributed by atoms with Gasteiger partial charge in [-0.2, -0.15) is 0 Å². The van der Waals surface area contributed by atoms with E-state index in [-0.39, 0.29) is 6.10 Å². The molecular formula is C8H17IO. The number of rotatable bonds is 4. The maximum Gasteiger partial charge on any atom is 0.0552 e. The maximum absolute atomic E-state index is 9.39. The summed E-state index contributed by atoms with van der Waals surface area (Å²) in [7, 11) is 0. The summed E-state index contributed by atoms with van der Waals surface area (Å²) >= 11 is 2.34. The number of hydrogen-bond donors (Lipinski definition) is 1. The zero-order chi connectivity index (χ0) is 8.15. The van der Waals surface area contributed by atoms with Crippen LogP contribution in [-0.4, -0.2) is 15.1 Å². The molecule has 1 N–H and O–H groups in total. The van der Waals surface area contributed by atoms with E-state index in [1.54, 1.807) is 0 Å². The predicted octanol–water partition coefficient (Wildman–Crippen LogP) is 2.61. The molecule has 0 aromatic rings. The minimum absolute atomic E-state index is 0.0908. The van der Waals surface area contributed by atoms with Gasteiger partial charge in [0.05, 0.1) is 6.10 Å². The molecule has 0 rings (SSSR count). The Labute approximate surface area is 77.3 Å². The quantitative estimate of drug-likeness (QED) is 0.605. The standard InChI is InChI=1S/C8H17IO/c1-6(2)4-8(10)5-7(3)9/h6-8,10H,4-5H2,1-3H3. The fourth-order valence-corrected chi connectivity index (χ4v) is 1.60. The zero-order valence-electron chi connectivity index (χ0n) is 6.97. The average Bonchev–Trinajstić information content (AvgIpc) is 1.58. The number of alkyl halides is 1. The van der Waals surface area contributed by atoms with Crippen LogP contribution in [0.3, 0.4) is 0 Å². The summed E-state index contributed by atoms with van der Waals surface area (Å²) < 4.78 is 0.589. The monoisotopic (exact) mass is 256 g/mol. The summed E-state index contributed by atoms with van der Waals surface area (Å²) in [6.07, 6.45) is 1.78. The maximum atomic E-state index is 9.39. The average molecular weight is 256 g/mol. The van der Waals surface area contributed by atoms with Gasteiger partial charge in [-0.25, -0.2) is 0 Å². The number of aliphatic hydroxyl groups excluding tert-OH is 1. The Balaban J connectivity index is 3.34. The molecule has 2 unspecified atom stereocenters. The van der Waals surface area contributed by atoms with Crippen molar-refractivity contribution < 1.29 is 5.11 Å². The number of aliphatic hydroxyl groups is 1. The second kappa shape index (κ2) is 5.35. The van der Waals surface area contributed by atoms with Crippen molar-refractivity contribution in [2.45, 2.75) is 43.6 Å². The molecule has 0 saturated heterocycles. The first-order chi connectivity index (χ1) is 4.52. The van der Waals surface area contributed by atoms with E-state index in [0.717, 1.165) is 12.8 Å². The SMILES string of the molecule is CC(C)CC(O)CC(C)I. The van der Waals surface area contributed by atoms with Crippen LogP contribution < -0.4 is 0 Å². The minimum Gasteiger partial charge on any atom is -0.393 e. The first-order valence-corrected chi connectivity index (χ1v) is 5.09. The first-order valence-electron chi connectivity index (χ1n) is 3.84. The van der Waals surface area contributed by atoms with Crippen molar-refractivity contribution in [2.75, 3.05) is 0 Å². The van der Waals surface area contributed by atoms with E-state index in [1.165, 1.54) is 0 Å². The Kier molecular flexibility index (Phi) is 5.72. The van der Waals surface area contributed by atoms with Crippen LogP contribution in [0.5, 0.6) is 0 Å². The Morgan fingerprint density at radius 2 is 1.70 bits per heavy atom. The first kappa shape index (κ1) is 10.7. The van der Waals surface area contributed by atoms with Gasteiger partial charge in [0.1, 0.15) is 0 Å². The summed E-state index contributed by atoms with van der Waals surface area (Å²) in [6.45, 7) is 6.41. The Bertz CT molecular complexity index is 71.3. The Hall–Kier alpha value is 0.690. The van der Waals surface area contributed by atoms with Gasteiger partial charge in [0.15, 0.2) is 0 Å². The van der Waals surface area contributed by atoms with Crippen molar-refractivity contribution in [3.05, 3.63) is 0 Å². The summed E-state index contributed by atoms with van der Waals surface area (Å²) in [6, 6.07) is 0. The molecule has 0 spiro atoms. The van der Waals surface area contributed by atoms with Gasteiger partial charge in [-0.3, -0.25) is 0 Å². The molecule has 0 aliphatic heterocycles.